The van der Waals surface area contributed by atoms with Crippen LogP contribution in [0.1, 0.15) is 74.6 Å². The van der Waals surface area contributed by atoms with Gasteiger partial charge in [0.2, 0.25) is 5.95 Å². The smallest absolute Gasteiger partial charge is 0.257 e. The van der Waals surface area contributed by atoms with Crippen molar-refractivity contribution < 1.29 is 4.79 Å². The Morgan fingerprint density at radius 1 is 1.05 bits per heavy atom. The van der Waals surface area contributed by atoms with Gasteiger partial charge in [0.1, 0.15) is 0 Å². The minimum Gasteiger partial charge on any atom is -0.368 e. The fraction of sp³-hybridized carbons (Fsp3) is 0.706. The second kappa shape index (κ2) is 9.38. The van der Waals surface area contributed by atoms with Crippen LogP contribution >= 0.6 is 0 Å². The Morgan fingerprint density at radius 2 is 1.68 bits per heavy atom. The van der Waals surface area contributed by atoms with Crippen molar-refractivity contribution in [3.8, 4) is 0 Å². The van der Waals surface area contributed by atoms with Gasteiger partial charge in [-0.3, -0.25) is 4.79 Å². The van der Waals surface area contributed by atoms with E-state index in [1.165, 1.54) is 19.3 Å². The first kappa shape index (κ1) is 18.4. The van der Waals surface area contributed by atoms with E-state index in [0.717, 1.165) is 25.0 Å². The van der Waals surface area contributed by atoms with Gasteiger partial charge < -0.3 is 10.6 Å². The number of anilines is 1. The van der Waals surface area contributed by atoms with Crippen molar-refractivity contribution in [2.24, 2.45) is 0 Å². The van der Waals surface area contributed by atoms with Crippen molar-refractivity contribution in [1.29, 1.82) is 0 Å². The Bertz CT molecular complexity index is 484. The summed E-state index contributed by atoms with van der Waals surface area (Å²) in [5, 5.41) is 0. The maximum absolute atomic E-state index is 12.7. The highest BCUT2D eigenvalue weighted by atomic mass is 16.2. The number of nitrogen functional groups attached to an aromatic ring is 1. The van der Waals surface area contributed by atoms with E-state index in [0.29, 0.717) is 24.3 Å². The third-order valence-electron chi connectivity index (χ3n) is 3.96. The van der Waals surface area contributed by atoms with Gasteiger partial charge in [-0.15, -0.1) is 0 Å². The van der Waals surface area contributed by atoms with Crippen LogP contribution in [0.3, 0.4) is 0 Å². The van der Waals surface area contributed by atoms with E-state index in [-0.39, 0.29) is 11.9 Å². The van der Waals surface area contributed by atoms with Crippen molar-refractivity contribution in [3.05, 3.63) is 17.0 Å². The number of carbonyl (C=O) groups is 1. The summed E-state index contributed by atoms with van der Waals surface area (Å²) in [4.78, 5) is 23.0. The number of nitrogens with zero attached hydrogens (tertiary/aromatic N) is 3. The molecule has 0 saturated heterocycles. The molecule has 0 saturated carbocycles. The molecule has 0 aliphatic carbocycles. The molecule has 5 nitrogen and oxygen atoms in total. The van der Waals surface area contributed by atoms with Crippen molar-refractivity contribution in [3.63, 3.8) is 0 Å². The van der Waals surface area contributed by atoms with Gasteiger partial charge >= 0.3 is 0 Å². The second-order valence-electron chi connectivity index (χ2n) is 5.63. The minimum atomic E-state index is 0.0195. The Hall–Kier alpha value is -1.65. The van der Waals surface area contributed by atoms with Crippen LogP contribution in [-0.4, -0.2) is 33.9 Å². The largest absolute Gasteiger partial charge is 0.368 e. The number of hydrogen-bond acceptors (Lipinski definition) is 4. The molecule has 0 fully saturated rings. The average Bonchev–Trinajstić information content (AvgIpc) is 2.47. The van der Waals surface area contributed by atoms with Crippen LogP contribution in [0.4, 0.5) is 5.95 Å². The molecular formula is C17H30N4O. The summed E-state index contributed by atoms with van der Waals surface area (Å²) in [5.74, 6) is 0.281. The van der Waals surface area contributed by atoms with Gasteiger partial charge in [-0.1, -0.05) is 32.6 Å². The first-order valence-electron chi connectivity index (χ1n) is 8.47. The van der Waals surface area contributed by atoms with Gasteiger partial charge in [0.05, 0.1) is 17.0 Å². The highest BCUT2D eigenvalue weighted by Crippen LogP contribution is 2.18. The zero-order valence-electron chi connectivity index (χ0n) is 14.5. The average molecular weight is 306 g/mol. The lowest BCUT2D eigenvalue weighted by Gasteiger charge is -2.21. The van der Waals surface area contributed by atoms with E-state index < -0.39 is 0 Å². The molecule has 1 rings (SSSR count). The normalized spacial score (nSPS) is 10.7. The summed E-state index contributed by atoms with van der Waals surface area (Å²) in [5.41, 5.74) is 7.91. The molecular weight excluding hydrogens is 276 g/mol. The van der Waals surface area contributed by atoms with Crippen LogP contribution in [0.2, 0.25) is 0 Å². The Kier molecular flexibility index (Phi) is 7.85. The summed E-state index contributed by atoms with van der Waals surface area (Å²) >= 11 is 0. The monoisotopic (exact) mass is 306 g/mol. The molecule has 1 amide bonds. The maximum Gasteiger partial charge on any atom is 0.257 e. The van der Waals surface area contributed by atoms with E-state index >= 15 is 0 Å². The molecule has 0 radical (unpaired) electrons. The number of amides is 1. The maximum atomic E-state index is 12.7. The zero-order valence-corrected chi connectivity index (χ0v) is 14.5. The molecule has 1 aromatic heterocycles. The van der Waals surface area contributed by atoms with E-state index in [9.17, 15) is 4.79 Å². The summed E-state index contributed by atoms with van der Waals surface area (Å²) < 4.78 is 0. The number of hydrogen-bond donors (Lipinski definition) is 1. The topological polar surface area (TPSA) is 72.1 Å². The van der Waals surface area contributed by atoms with Gasteiger partial charge in [-0.05, 0) is 33.6 Å². The summed E-state index contributed by atoms with van der Waals surface area (Å²) in [6.45, 7) is 9.40. The molecule has 2 N–H and O–H groups in total. The Balaban J connectivity index is 2.92. The number of unbranched alkanes of at least 4 members (excludes halogenated alkanes) is 4. The molecule has 22 heavy (non-hydrogen) atoms. The molecule has 1 aromatic rings. The molecule has 0 atom stereocenters. The third-order valence-corrected chi connectivity index (χ3v) is 3.96. The predicted octanol–water partition coefficient (Wildman–Crippen LogP) is 3.36. The standard InChI is InChI=1S/C17H30N4O/c1-5-8-9-10-11-12-14-15(13(4)19-17(18)20-14)16(22)21(6-2)7-3/h5-12H2,1-4H3,(H2,18,19,20). The van der Waals surface area contributed by atoms with Crippen LogP contribution in [0.5, 0.6) is 0 Å². The van der Waals surface area contributed by atoms with Crippen molar-refractivity contribution in [2.75, 3.05) is 18.8 Å². The number of carbonyl (C=O) groups excluding carboxylic acids is 1. The lowest BCUT2D eigenvalue weighted by atomic mass is 10.0. The fourth-order valence-corrected chi connectivity index (χ4v) is 2.68. The molecule has 0 unspecified atom stereocenters. The van der Waals surface area contributed by atoms with Gasteiger partial charge in [0.15, 0.2) is 0 Å². The Morgan fingerprint density at radius 3 is 2.27 bits per heavy atom. The van der Waals surface area contributed by atoms with Crippen molar-refractivity contribution >= 4 is 11.9 Å². The summed E-state index contributed by atoms with van der Waals surface area (Å²) in [6, 6.07) is 0. The highest BCUT2D eigenvalue weighted by molar-refractivity contribution is 5.96. The first-order valence-corrected chi connectivity index (χ1v) is 8.47. The van der Waals surface area contributed by atoms with Crippen LogP contribution in [0.25, 0.3) is 0 Å². The molecule has 124 valence electrons. The van der Waals surface area contributed by atoms with Gasteiger partial charge in [-0.2, -0.15) is 0 Å². The van der Waals surface area contributed by atoms with E-state index in [4.69, 9.17) is 5.73 Å². The quantitative estimate of drug-likeness (QED) is 0.710. The van der Waals surface area contributed by atoms with Gasteiger partial charge in [0, 0.05) is 13.1 Å². The first-order chi connectivity index (χ1) is 10.5. The number of rotatable bonds is 9. The third kappa shape index (κ3) is 4.97. The predicted molar refractivity (Wildman–Crippen MR) is 90.9 cm³/mol. The molecule has 0 aliphatic rings. The number of aromatic nitrogens is 2. The van der Waals surface area contributed by atoms with E-state index in [2.05, 4.69) is 16.9 Å². The second-order valence-corrected chi connectivity index (χ2v) is 5.63. The number of aryl methyl sites for hydroxylation is 2. The molecule has 0 spiro atoms. The molecule has 1 heterocycles. The lowest BCUT2D eigenvalue weighted by molar-refractivity contribution is 0.0770. The Labute approximate surface area is 134 Å². The molecule has 0 bridgehead atoms. The van der Waals surface area contributed by atoms with Crippen LogP contribution < -0.4 is 5.73 Å². The van der Waals surface area contributed by atoms with Crippen molar-refractivity contribution in [2.45, 2.75) is 66.2 Å². The van der Waals surface area contributed by atoms with E-state index in [1.54, 1.807) is 0 Å². The van der Waals surface area contributed by atoms with Crippen LogP contribution in [0, 0.1) is 6.92 Å². The highest BCUT2D eigenvalue weighted by Gasteiger charge is 2.21. The van der Waals surface area contributed by atoms with Crippen LogP contribution in [0.15, 0.2) is 0 Å². The number of nitrogens with two attached hydrogens (primary N) is 1. The van der Waals surface area contributed by atoms with Crippen molar-refractivity contribution in [1.82, 2.24) is 14.9 Å². The molecule has 5 heteroatoms. The molecule has 0 aliphatic heterocycles. The SMILES string of the molecule is CCCCCCCc1nc(N)nc(C)c1C(=O)N(CC)CC. The van der Waals surface area contributed by atoms with Gasteiger partial charge in [-0.25, -0.2) is 9.97 Å². The lowest BCUT2D eigenvalue weighted by Crippen LogP contribution is -2.32. The van der Waals surface area contributed by atoms with E-state index in [1.807, 2.05) is 25.7 Å². The van der Waals surface area contributed by atoms with Gasteiger partial charge in [0.25, 0.3) is 5.91 Å². The molecule has 0 aromatic carbocycles. The summed E-state index contributed by atoms with van der Waals surface area (Å²) in [7, 11) is 0. The van der Waals surface area contributed by atoms with Crippen LogP contribution in [-0.2, 0) is 6.42 Å². The fourth-order valence-electron chi connectivity index (χ4n) is 2.68. The zero-order chi connectivity index (χ0) is 16.5. The minimum absolute atomic E-state index is 0.0195. The summed E-state index contributed by atoms with van der Waals surface area (Å²) in [6.07, 6.45) is 6.71.